The van der Waals surface area contributed by atoms with Crippen molar-refractivity contribution in [3.8, 4) is 11.5 Å². The number of benzene rings is 1. The van der Waals surface area contributed by atoms with Gasteiger partial charge in [0, 0.05) is 5.75 Å². The van der Waals surface area contributed by atoms with Crippen LogP contribution >= 0.6 is 0 Å². The first kappa shape index (κ1) is 16.7. The minimum Gasteiger partial charge on any atom is -0.748 e. The molecule has 0 fully saturated rings. The van der Waals surface area contributed by atoms with E-state index in [-0.39, 0.29) is 42.6 Å². The Labute approximate surface area is 123 Å². The van der Waals surface area contributed by atoms with E-state index in [4.69, 9.17) is 9.47 Å². The maximum atomic E-state index is 10.3. The van der Waals surface area contributed by atoms with Gasteiger partial charge in [-0.3, -0.25) is 0 Å². The van der Waals surface area contributed by atoms with Crippen molar-refractivity contribution in [2.45, 2.75) is 6.42 Å². The van der Waals surface area contributed by atoms with E-state index in [2.05, 4.69) is 0 Å². The third-order valence-electron chi connectivity index (χ3n) is 1.87. The van der Waals surface area contributed by atoms with Crippen LogP contribution in [0.1, 0.15) is 6.42 Å². The first-order chi connectivity index (χ1) is 7.51. The Morgan fingerprint density at radius 2 is 1.71 bits per heavy atom. The molecule has 1 rings (SSSR count). The second-order valence-electron chi connectivity index (χ2n) is 3.14. The SMILES string of the molecule is COc1ccc(OCCCS(=O)(=O)[O-])cc1.[Na+]. The van der Waals surface area contributed by atoms with Crippen LogP contribution in [-0.2, 0) is 10.1 Å². The Morgan fingerprint density at radius 3 is 2.18 bits per heavy atom. The van der Waals surface area contributed by atoms with E-state index in [9.17, 15) is 13.0 Å². The van der Waals surface area contributed by atoms with Gasteiger partial charge in [0.15, 0.2) is 0 Å². The van der Waals surface area contributed by atoms with Crippen molar-refractivity contribution < 1.29 is 52.0 Å². The molecule has 90 valence electrons. The summed E-state index contributed by atoms with van der Waals surface area (Å²) in [7, 11) is -2.57. The predicted molar refractivity (Wildman–Crippen MR) is 57.7 cm³/mol. The first-order valence-corrected chi connectivity index (χ1v) is 6.29. The Hall–Kier alpha value is -0.270. The minimum atomic E-state index is -4.14. The van der Waals surface area contributed by atoms with E-state index < -0.39 is 15.9 Å². The van der Waals surface area contributed by atoms with E-state index in [0.717, 1.165) is 5.75 Å². The molecule has 0 aromatic heterocycles. The molecule has 0 saturated heterocycles. The third-order valence-corrected chi connectivity index (χ3v) is 2.66. The zero-order chi connectivity index (χ0) is 12.0. The monoisotopic (exact) mass is 268 g/mol. The standard InChI is InChI=1S/C10H14O5S.Na/c1-14-9-3-5-10(6-4-9)15-7-2-8-16(11,12)13;/h3-6H,2,7-8H2,1H3,(H,11,12,13);/q;+1/p-1. The summed E-state index contributed by atoms with van der Waals surface area (Å²) in [6.45, 7) is 0.202. The molecule has 0 bridgehead atoms. The summed E-state index contributed by atoms with van der Waals surface area (Å²) in [5.74, 6) is 0.932. The van der Waals surface area contributed by atoms with Crippen LogP contribution in [0.25, 0.3) is 0 Å². The Bertz CT molecular complexity index is 415. The number of ether oxygens (including phenoxy) is 2. The molecule has 7 heteroatoms. The van der Waals surface area contributed by atoms with E-state index in [1.54, 1.807) is 31.4 Å². The van der Waals surface area contributed by atoms with Crippen LogP contribution in [0, 0.1) is 0 Å². The smallest absolute Gasteiger partial charge is 0.748 e. The molecule has 5 nitrogen and oxygen atoms in total. The maximum Gasteiger partial charge on any atom is 1.00 e. The normalized spacial score (nSPS) is 10.5. The van der Waals surface area contributed by atoms with Gasteiger partial charge in [0.05, 0.1) is 23.8 Å². The number of rotatable bonds is 6. The quantitative estimate of drug-likeness (QED) is 0.339. The molecule has 17 heavy (non-hydrogen) atoms. The van der Waals surface area contributed by atoms with Crippen molar-refractivity contribution in [1.29, 1.82) is 0 Å². The molecule has 0 aliphatic heterocycles. The fourth-order valence-electron chi connectivity index (χ4n) is 1.10. The topological polar surface area (TPSA) is 75.7 Å². The molecular formula is C10H13NaO5S. The van der Waals surface area contributed by atoms with Crippen LogP contribution in [-0.4, -0.2) is 32.4 Å². The van der Waals surface area contributed by atoms with Gasteiger partial charge in [-0.2, -0.15) is 0 Å². The second kappa shape index (κ2) is 7.94. The number of methoxy groups -OCH3 is 1. The molecule has 0 radical (unpaired) electrons. The number of hydrogen-bond donors (Lipinski definition) is 0. The summed E-state index contributed by atoms with van der Waals surface area (Å²) in [5.41, 5.74) is 0. The van der Waals surface area contributed by atoms with Gasteiger partial charge in [-0.15, -0.1) is 0 Å². The van der Waals surface area contributed by atoms with E-state index in [1.165, 1.54) is 0 Å². The van der Waals surface area contributed by atoms with Gasteiger partial charge in [0.2, 0.25) is 0 Å². The molecule has 0 aliphatic carbocycles. The Balaban J connectivity index is 0.00000256. The molecule has 0 atom stereocenters. The van der Waals surface area contributed by atoms with E-state index in [1.807, 2.05) is 0 Å². The zero-order valence-corrected chi connectivity index (χ0v) is 12.7. The molecule has 0 amide bonds. The largest absolute Gasteiger partial charge is 1.00 e. The van der Waals surface area contributed by atoms with Crippen molar-refractivity contribution in [2.24, 2.45) is 0 Å². The van der Waals surface area contributed by atoms with Gasteiger partial charge in [-0.1, -0.05) is 0 Å². The summed E-state index contributed by atoms with van der Waals surface area (Å²) in [5, 5.41) is 0. The molecule has 0 unspecified atom stereocenters. The Kier molecular flexibility index (Phi) is 7.82. The van der Waals surface area contributed by atoms with Crippen LogP contribution in [0.5, 0.6) is 11.5 Å². The van der Waals surface area contributed by atoms with Crippen LogP contribution < -0.4 is 39.0 Å². The first-order valence-electron chi connectivity index (χ1n) is 4.72. The van der Waals surface area contributed by atoms with Gasteiger partial charge >= 0.3 is 29.6 Å². The summed E-state index contributed by atoms with van der Waals surface area (Å²) in [6.07, 6.45) is 0.192. The average molecular weight is 268 g/mol. The minimum absolute atomic E-state index is 0. The van der Waals surface area contributed by atoms with Crippen LogP contribution in [0.2, 0.25) is 0 Å². The van der Waals surface area contributed by atoms with Crippen molar-refractivity contribution in [1.82, 2.24) is 0 Å². The zero-order valence-electron chi connectivity index (χ0n) is 9.88. The van der Waals surface area contributed by atoms with Crippen molar-refractivity contribution in [3.05, 3.63) is 24.3 Å². The summed E-state index contributed by atoms with van der Waals surface area (Å²) >= 11 is 0. The van der Waals surface area contributed by atoms with Crippen LogP contribution in [0.4, 0.5) is 0 Å². The summed E-state index contributed by atoms with van der Waals surface area (Å²) in [6, 6.07) is 6.90. The molecule has 0 aliphatic rings. The fourth-order valence-corrected chi connectivity index (χ4v) is 1.57. The van der Waals surface area contributed by atoms with Crippen molar-refractivity contribution >= 4 is 10.1 Å². The van der Waals surface area contributed by atoms with Gasteiger partial charge in [-0.05, 0) is 30.7 Å². The molecule has 1 aromatic rings. The fraction of sp³-hybridized carbons (Fsp3) is 0.400. The summed E-state index contributed by atoms with van der Waals surface area (Å²) in [4.78, 5) is 0. The van der Waals surface area contributed by atoms with Gasteiger partial charge < -0.3 is 14.0 Å². The molecule has 0 saturated carbocycles. The van der Waals surface area contributed by atoms with Crippen LogP contribution in [0.15, 0.2) is 24.3 Å². The van der Waals surface area contributed by atoms with E-state index >= 15 is 0 Å². The Morgan fingerprint density at radius 1 is 1.18 bits per heavy atom. The predicted octanol–water partition coefficient (Wildman–Crippen LogP) is -1.99. The molecule has 0 heterocycles. The molecule has 0 spiro atoms. The molecule has 1 aromatic carbocycles. The number of hydrogen-bond acceptors (Lipinski definition) is 5. The molecular weight excluding hydrogens is 255 g/mol. The third kappa shape index (κ3) is 7.62. The van der Waals surface area contributed by atoms with Gasteiger partial charge in [0.25, 0.3) is 0 Å². The molecule has 0 N–H and O–H groups in total. The van der Waals surface area contributed by atoms with Crippen LogP contribution in [0.3, 0.4) is 0 Å². The summed E-state index contributed by atoms with van der Waals surface area (Å²) < 4.78 is 41.1. The van der Waals surface area contributed by atoms with Crippen molar-refractivity contribution in [3.63, 3.8) is 0 Å². The van der Waals surface area contributed by atoms with Gasteiger partial charge in [-0.25, -0.2) is 8.42 Å². The van der Waals surface area contributed by atoms with E-state index in [0.29, 0.717) is 5.75 Å². The van der Waals surface area contributed by atoms with Crippen molar-refractivity contribution in [2.75, 3.05) is 19.5 Å². The maximum absolute atomic E-state index is 10.3. The van der Waals surface area contributed by atoms with Gasteiger partial charge in [0.1, 0.15) is 11.5 Å². The second-order valence-corrected chi connectivity index (χ2v) is 4.66. The average Bonchev–Trinajstić information content (AvgIpc) is 2.24.